The summed E-state index contributed by atoms with van der Waals surface area (Å²) in [5.74, 6) is -0.0468. The fraction of sp³-hybridized carbons (Fsp3) is 0.133. The monoisotopic (exact) mass is 316 g/mol. The molecule has 1 N–H and O–H groups in total. The van der Waals surface area contributed by atoms with E-state index in [-0.39, 0.29) is 16.5 Å². The van der Waals surface area contributed by atoms with Crippen LogP contribution in [-0.4, -0.2) is 20.3 Å². The van der Waals surface area contributed by atoms with Crippen molar-refractivity contribution in [3.8, 4) is 0 Å². The minimum absolute atomic E-state index is 0.0468. The molecule has 0 amide bonds. The predicted molar refractivity (Wildman–Crippen MR) is 86.0 cm³/mol. The Balaban J connectivity index is 2.00. The van der Waals surface area contributed by atoms with Crippen LogP contribution in [0, 0.1) is 0 Å². The van der Waals surface area contributed by atoms with Crippen molar-refractivity contribution in [2.75, 3.05) is 5.32 Å². The predicted octanol–water partition coefficient (Wildman–Crippen LogP) is 2.79. The number of halogens is 1. The third kappa shape index (κ3) is 2.37. The molecule has 0 aliphatic rings. The van der Waals surface area contributed by atoms with Gasteiger partial charge in [0.1, 0.15) is 5.02 Å². The molecule has 0 radical (unpaired) electrons. The molecule has 112 valence electrons. The van der Waals surface area contributed by atoms with Crippen LogP contribution < -0.4 is 10.9 Å². The number of hydrogen-bond donors (Lipinski definition) is 1. The van der Waals surface area contributed by atoms with E-state index in [1.807, 2.05) is 24.3 Å². The van der Waals surface area contributed by atoms with Crippen molar-refractivity contribution in [2.45, 2.75) is 6.92 Å². The summed E-state index contributed by atoms with van der Waals surface area (Å²) in [4.78, 5) is 23.3. The van der Waals surface area contributed by atoms with E-state index in [2.05, 4.69) is 10.4 Å². The van der Waals surface area contributed by atoms with E-state index < -0.39 is 0 Å². The molecule has 0 aliphatic heterocycles. The average Bonchev–Trinajstić information content (AvgIpc) is 2.91. The quantitative estimate of drug-likeness (QED) is 0.789. The molecular weight excluding hydrogens is 304 g/mol. The van der Waals surface area contributed by atoms with E-state index in [0.717, 1.165) is 16.6 Å². The lowest BCUT2D eigenvalue weighted by molar-refractivity contribution is 0.0941. The van der Waals surface area contributed by atoms with Crippen LogP contribution in [0.25, 0.3) is 10.9 Å². The number of aryl methyl sites for hydroxylation is 1. The van der Waals surface area contributed by atoms with Crippen molar-refractivity contribution in [1.82, 2.24) is 14.3 Å². The Morgan fingerprint density at radius 1 is 1.32 bits per heavy atom. The highest BCUT2D eigenvalue weighted by Gasteiger charge is 2.09. The molecule has 1 aromatic carbocycles. The fourth-order valence-corrected chi connectivity index (χ4v) is 2.47. The van der Waals surface area contributed by atoms with Gasteiger partial charge in [-0.15, -0.1) is 0 Å². The zero-order valence-corrected chi connectivity index (χ0v) is 12.8. The maximum atomic E-state index is 11.8. The second-order valence-electron chi connectivity index (χ2n) is 4.90. The lowest BCUT2D eigenvalue weighted by atomic mass is 10.2. The van der Waals surface area contributed by atoms with Gasteiger partial charge in [0.15, 0.2) is 0 Å². The SMILES string of the molecule is CC(=O)n1ccc2cc(Nc3cnn(C)c(=O)c3Cl)ccc21. The van der Waals surface area contributed by atoms with Gasteiger partial charge in [-0.2, -0.15) is 5.10 Å². The van der Waals surface area contributed by atoms with Gasteiger partial charge in [-0.25, -0.2) is 4.68 Å². The first kappa shape index (κ1) is 14.3. The minimum Gasteiger partial charge on any atom is -0.353 e. The summed E-state index contributed by atoms with van der Waals surface area (Å²) in [7, 11) is 1.54. The van der Waals surface area contributed by atoms with Gasteiger partial charge < -0.3 is 5.32 Å². The van der Waals surface area contributed by atoms with Gasteiger partial charge in [-0.3, -0.25) is 14.2 Å². The molecule has 2 heterocycles. The number of fused-ring (bicyclic) bond motifs is 1. The van der Waals surface area contributed by atoms with Gasteiger partial charge in [0.2, 0.25) is 5.91 Å². The molecule has 7 heteroatoms. The fourth-order valence-electron chi connectivity index (χ4n) is 2.25. The summed E-state index contributed by atoms with van der Waals surface area (Å²) in [6.07, 6.45) is 3.22. The molecule has 0 saturated heterocycles. The second-order valence-corrected chi connectivity index (χ2v) is 5.28. The van der Waals surface area contributed by atoms with Crippen LogP contribution in [-0.2, 0) is 7.05 Å². The molecule has 0 fully saturated rings. The van der Waals surface area contributed by atoms with Gasteiger partial charge in [0.25, 0.3) is 5.56 Å². The van der Waals surface area contributed by atoms with Crippen molar-refractivity contribution >= 4 is 39.8 Å². The molecule has 0 spiro atoms. The molecule has 3 rings (SSSR count). The molecule has 6 nitrogen and oxygen atoms in total. The topological polar surface area (TPSA) is 68.9 Å². The summed E-state index contributed by atoms with van der Waals surface area (Å²) < 4.78 is 2.75. The maximum Gasteiger partial charge on any atom is 0.287 e. The third-order valence-electron chi connectivity index (χ3n) is 3.39. The van der Waals surface area contributed by atoms with Crippen molar-refractivity contribution < 1.29 is 4.79 Å². The lowest BCUT2D eigenvalue weighted by Gasteiger charge is -2.09. The third-order valence-corrected chi connectivity index (χ3v) is 3.75. The summed E-state index contributed by atoms with van der Waals surface area (Å²) in [5, 5.41) is 8.00. The van der Waals surface area contributed by atoms with E-state index in [1.54, 1.807) is 10.8 Å². The van der Waals surface area contributed by atoms with Gasteiger partial charge in [0, 0.05) is 31.2 Å². The Bertz CT molecular complexity index is 942. The molecule has 22 heavy (non-hydrogen) atoms. The van der Waals surface area contributed by atoms with Crippen LogP contribution in [0.5, 0.6) is 0 Å². The van der Waals surface area contributed by atoms with Crippen LogP contribution >= 0.6 is 11.6 Å². The highest BCUT2D eigenvalue weighted by atomic mass is 35.5. The van der Waals surface area contributed by atoms with E-state index in [0.29, 0.717) is 5.69 Å². The van der Waals surface area contributed by atoms with Gasteiger partial charge in [0.05, 0.1) is 17.4 Å². The van der Waals surface area contributed by atoms with Gasteiger partial charge >= 0.3 is 0 Å². The summed E-state index contributed by atoms with van der Waals surface area (Å²) in [5.41, 5.74) is 1.66. The molecule has 0 unspecified atom stereocenters. The Kier molecular flexibility index (Phi) is 3.46. The van der Waals surface area contributed by atoms with Crippen LogP contribution in [0.3, 0.4) is 0 Å². The molecular formula is C15H13ClN4O2. The van der Waals surface area contributed by atoms with Crippen molar-refractivity contribution in [2.24, 2.45) is 7.05 Å². The highest BCUT2D eigenvalue weighted by molar-refractivity contribution is 6.33. The number of nitrogens with one attached hydrogen (secondary N) is 1. The van der Waals surface area contributed by atoms with Crippen LogP contribution in [0.15, 0.2) is 41.5 Å². The number of carbonyl (C=O) groups is 1. The number of hydrogen-bond acceptors (Lipinski definition) is 4. The highest BCUT2D eigenvalue weighted by Crippen LogP contribution is 2.25. The zero-order chi connectivity index (χ0) is 15.9. The summed E-state index contributed by atoms with van der Waals surface area (Å²) in [6, 6.07) is 7.38. The largest absolute Gasteiger partial charge is 0.353 e. The summed E-state index contributed by atoms with van der Waals surface area (Å²) >= 11 is 6.03. The Hall–Kier alpha value is -2.60. The molecule has 2 aromatic heterocycles. The Morgan fingerprint density at radius 3 is 2.82 bits per heavy atom. The standard InChI is InChI=1S/C15H13ClN4O2/c1-9(21)20-6-5-10-7-11(3-4-13(10)20)18-12-8-17-19(2)15(22)14(12)16/h3-8,18H,1-2H3. The first-order valence-corrected chi connectivity index (χ1v) is 6.96. The number of anilines is 2. The smallest absolute Gasteiger partial charge is 0.287 e. The number of aromatic nitrogens is 3. The van der Waals surface area contributed by atoms with Crippen LogP contribution in [0.1, 0.15) is 11.7 Å². The average molecular weight is 317 g/mol. The van der Waals surface area contributed by atoms with Crippen LogP contribution in [0.4, 0.5) is 11.4 Å². The first-order chi connectivity index (χ1) is 10.5. The number of carbonyl (C=O) groups excluding carboxylic acids is 1. The number of nitrogens with zero attached hydrogens (tertiary/aromatic N) is 3. The van der Waals surface area contributed by atoms with Crippen molar-refractivity contribution in [1.29, 1.82) is 0 Å². The van der Waals surface area contributed by atoms with Gasteiger partial charge in [-0.05, 0) is 24.3 Å². The number of rotatable bonds is 2. The second kappa shape index (κ2) is 5.31. The zero-order valence-electron chi connectivity index (χ0n) is 12.0. The van der Waals surface area contributed by atoms with Crippen LogP contribution in [0.2, 0.25) is 5.02 Å². The molecule has 0 saturated carbocycles. The number of benzene rings is 1. The van der Waals surface area contributed by atoms with Gasteiger partial charge in [-0.1, -0.05) is 11.6 Å². The lowest BCUT2D eigenvalue weighted by Crippen LogP contribution is -2.20. The minimum atomic E-state index is -0.365. The van der Waals surface area contributed by atoms with E-state index in [4.69, 9.17) is 11.6 Å². The van der Waals surface area contributed by atoms with E-state index >= 15 is 0 Å². The van der Waals surface area contributed by atoms with E-state index in [9.17, 15) is 9.59 Å². The molecule has 0 bridgehead atoms. The maximum absolute atomic E-state index is 11.8. The molecule has 0 atom stereocenters. The van der Waals surface area contributed by atoms with Crippen molar-refractivity contribution in [3.63, 3.8) is 0 Å². The van der Waals surface area contributed by atoms with E-state index in [1.165, 1.54) is 24.9 Å². The van der Waals surface area contributed by atoms with Crippen molar-refractivity contribution in [3.05, 3.63) is 52.0 Å². The summed E-state index contributed by atoms with van der Waals surface area (Å²) in [6.45, 7) is 1.51. The Morgan fingerprint density at radius 2 is 2.09 bits per heavy atom. The normalized spacial score (nSPS) is 10.9. The molecule has 0 aliphatic carbocycles. The molecule has 3 aromatic rings. The first-order valence-electron chi connectivity index (χ1n) is 6.58. The Labute approximate surface area is 130 Å².